The maximum Gasteiger partial charge on any atom is 0.0468 e. The van der Waals surface area contributed by atoms with Crippen molar-refractivity contribution in [3.8, 4) is 0 Å². The van der Waals surface area contributed by atoms with Crippen LogP contribution in [0.2, 0.25) is 0 Å². The molecule has 1 aliphatic heterocycles. The van der Waals surface area contributed by atoms with Crippen molar-refractivity contribution in [3.63, 3.8) is 0 Å². The Morgan fingerprint density at radius 3 is 2.71 bits per heavy atom. The summed E-state index contributed by atoms with van der Waals surface area (Å²) in [5.41, 5.74) is 0. The predicted octanol–water partition coefficient (Wildman–Crippen LogP) is 2.44. The maximum absolute atomic E-state index is 5.37. The Morgan fingerprint density at radius 1 is 1.36 bits per heavy atom. The lowest BCUT2D eigenvalue weighted by molar-refractivity contribution is 0.0590. The number of hydrogen-bond acceptors (Lipinski definition) is 2. The smallest absolute Gasteiger partial charge is 0.0468 e. The molecule has 2 nitrogen and oxygen atoms in total. The van der Waals surface area contributed by atoms with Gasteiger partial charge in [-0.2, -0.15) is 0 Å². The van der Waals surface area contributed by atoms with Crippen molar-refractivity contribution in [3.05, 3.63) is 0 Å². The molecule has 0 aliphatic carbocycles. The molecule has 84 valence electrons. The normalized spacial score (nSPS) is 21.0. The average Bonchev–Trinajstić information content (AvgIpc) is 2.20. The summed E-state index contributed by atoms with van der Waals surface area (Å²) in [7, 11) is 0. The molecule has 0 aromatic heterocycles. The number of rotatable bonds is 6. The van der Waals surface area contributed by atoms with Crippen molar-refractivity contribution >= 4 is 0 Å². The molecule has 0 aromatic rings. The molecule has 0 amide bonds. The Labute approximate surface area is 88.4 Å². The molecule has 1 saturated heterocycles. The fourth-order valence-corrected chi connectivity index (χ4v) is 2.19. The van der Waals surface area contributed by atoms with E-state index in [0.717, 1.165) is 31.6 Å². The van der Waals surface area contributed by atoms with Gasteiger partial charge >= 0.3 is 0 Å². The fraction of sp³-hybridized carbons (Fsp3) is 1.00. The topological polar surface area (TPSA) is 21.3 Å². The molecule has 1 fully saturated rings. The van der Waals surface area contributed by atoms with Crippen LogP contribution < -0.4 is 5.32 Å². The molecule has 14 heavy (non-hydrogen) atoms. The predicted molar refractivity (Wildman–Crippen MR) is 60.5 cm³/mol. The van der Waals surface area contributed by atoms with Gasteiger partial charge < -0.3 is 10.1 Å². The number of hydrogen-bond donors (Lipinski definition) is 1. The molecular weight excluding hydrogens is 174 g/mol. The van der Waals surface area contributed by atoms with Gasteiger partial charge in [-0.15, -0.1) is 0 Å². The number of ether oxygens (including phenoxy) is 1. The summed E-state index contributed by atoms with van der Waals surface area (Å²) in [5, 5.41) is 3.39. The summed E-state index contributed by atoms with van der Waals surface area (Å²) in [4.78, 5) is 0. The minimum atomic E-state index is 0.872. The molecule has 0 aromatic carbocycles. The molecule has 2 heteroatoms. The lowest BCUT2D eigenvalue weighted by Gasteiger charge is -2.24. The quantitative estimate of drug-likeness (QED) is 0.663. The molecule has 0 saturated carbocycles. The first-order valence-electron chi connectivity index (χ1n) is 6.11. The van der Waals surface area contributed by atoms with E-state index in [2.05, 4.69) is 19.2 Å². The summed E-state index contributed by atoms with van der Waals surface area (Å²) < 4.78 is 5.37. The van der Waals surface area contributed by atoms with Gasteiger partial charge in [0.15, 0.2) is 0 Å². The van der Waals surface area contributed by atoms with E-state index in [0.29, 0.717) is 0 Å². The summed E-state index contributed by atoms with van der Waals surface area (Å²) in [6.45, 7) is 8.82. The second kappa shape index (κ2) is 7.24. The van der Waals surface area contributed by atoms with Crippen LogP contribution in [-0.4, -0.2) is 26.3 Å². The van der Waals surface area contributed by atoms with Crippen molar-refractivity contribution in [1.29, 1.82) is 0 Å². The first-order chi connectivity index (χ1) is 6.83. The highest BCUT2D eigenvalue weighted by Crippen LogP contribution is 2.23. The minimum Gasteiger partial charge on any atom is -0.381 e. The summed E-state index contributed by atoms with van der Waals surface area (Å²) in [6, 6.07) is 0. The van der Waals surface area contributed by atoms with Crippen molar-refractivity contribution in [1.82, 2.24) is 5.32 Å². The van der Waals surface area contributed by atoms with Gasteiger partial charge in [-0.25, -0.2) is 0 Å². The van der Waals surface area contributed by atoms with Crippen LogP contribution in [0.25, 0.3) is 0 Å². The molecule has 1 unspecified atom stereocenters. The van der Waals surface area contributed by atoms with Crippen LogP contribution in [0, 0.1) is 11.8 Å². The zero-order valence-electron chi connectivity index (χ0n) is 9.72. The Morgan fingerprint density at radius 2 is 2.07 bits per heavy atom. The molecule has 1 aliphatic rings. The molecule has 0 spiro atoms. The third-order valence-corrected chi connectivity index (χ3v) is 3.14. The van der Waals surface area contributed by atoms with Crippen LogP contribution in [-0.2, 0) is 4.74 Å². The number of nitrogens with one attached hydrogen (secondary N) is 1. The van der Waals surface area contributed by atoms with Crippen molar-refractivity contribution in [2.45, 2.75) is 39.5 Å². The highest BCUT2D eigenvalue weighted by molar-refractivity contribution is 4.67. The van der Waals surface area contributed by atoms with Gasteiger partial charge in [-0.05, 0) is 50.6 Å². The zero-order valence-corrected chi connectivity index (χ0v) is 9.72. The highest BCUT2D eigenvalue weighted by Gasteiger charge is 2.16. The molecule has 1 rings (SSSR count). The van der Waals surface area contributed by atoms with E-state index in [9.17, 15) is 0 Å². The second-order valence-electron chi connectivity index (χ2n) is 4.54. The van der Waals surface area contributed by atoms with Crippen LogP contribution in [0.3, 0.4) is 0 Å². The van der Waals surface area contributed by atoms with E-state index in [4.69, 9.17) is 4.74 Å². The van der Waals surface area contributed by atoms with Crippen LogP contribution in [0.5, 0.6) is 0 Å². The molecule has 0 bridgehead atoms. The largest absolute Gasteiger partial charge is 0.381 e. The Hall–Kier alpha value is -0.0800. The van der Waals surface area contributed by atoms with Gasteiger partial charge in [0.1, 0.15) is 0 Å². The molecule has 1 heterocycles. The highest BCUT2D eigenvalue weighted by atomic mass is 16.5. The minimum absolute atomic E-state index is 0.872. The van der Waals surface area contributed by atoms with E-state index >= 15 is 0 Å². The summed E-state index contributed by atoms with van der Waals surface area (Å²) in [5.74, 6) is 1.80. The Kier molecular flexibility index (Phi) is 6.20. The zero-order chi connectivity index (χ0) is 10.2. The van der Waals surface area contributed by atoms with Crippen molar-refractivity contribution in [2.75, 3.05) is 26.3 Å². The van der Waals surface area contributed by atoms with Gasteiger partial charge in [0.25, 0.3) is 0 Å². The fourth-order valence-electron chi connectivity index (χ4n) is 2.19. The van der Waals surface area contributed by atoms with Crippen LogP contribution >= 0.6 is 0 Å². The van der Waals surface area contributed by atoms with E-state index < -0.39 is 0 Å². The van der Waals surface area contributed by atoms with Crippen LogP contribution in [0.15, 0.2) is 0 Å². The van der Waals surface area contributed by atoms with Gasteiger partial charge in [0, 0.05) is 13.2 Å². The first-order valence-corrected chi connectivity index (χ1v) is 6.11. The third-order valence-electron chi connectivity index (χ3n) is 3.14. The van der Waals surface area contributed by atoms with Crippen LogP contribution in [0.1, 0.15) is 39.5 Å². The SMILES string of the molecule is CCNCCC(C)CC1CCOCC1. The Balaban J connectivity index is 2.03. The maximum atomic E-state index is 5.37. The van der Waals surface area contributed by atoms with Gasteiger partial charge in [0.05, 0.1) is 0 Å². The van der Waals surface area contributed by atoms with Gasteiger partial charge in [0.2, 0.25) is 0 Å². The molecule has 0 radical (unpaired) electrons. The monoisotopic (exact) mass is 199 g/mol. The van der Waals surface area contributed by atoms with Crippen molar-refractivity contribution in [2.24, 2.45) is 11.8 Å². The second-order valence-corrected chi connectivity index (χ2v) is 4.54. The summed E-state index contributed by atoms with van der Waals surface area (Å²) in [6.07, 6.45) is 5.29. The lowest BCUT2D eigenvalue weighted by Crippen LogP contribution is -2.20. The van der Waals surface area contributed by atoms with E-state index in [1.165, 1.54) is 32.2 Å². The van der Waals surface area contributed by atoms with Gasteiger partial charge in [-0.1, -0.05) is 13.8 Å². The standard InChI is InChI=1S/C12H25NO/c1-3-13-7-4-11(2)10-12-5-8-14-9-6-12/h11-13H,3-10H2,1-2H3. The average molecular weight is 199 g/mol. The van der Waals surface area contributed by atoms with E-state index in [1.54, 1.807) is 0 Å². The van der Waals surface area contributed by atoms with E-state index in [1.807, 2.05) is 0 Å². The van der Waals surface area contributed by atoms with E-state index in [-0.39, 0.29) is 0 Å². The molecule has 1 N–H and O–H groups in total. The van der Waals surface area contributed by atoms with Gasteiger partial charge in [-0.3, -0.25) is 0 Å². The van der Waals surface area contributed by atoms with Crippen molar-refractivity contribution < 1.29 is 4.74 Å². The Bertz CT molecular complexity index is 132. The summed E-state index contributed by atoms with van der Waals surface area (Å²) >= 11 is 0. The molecule has 1 atom stereocenters. The van der Waals surface area contributed by atoms with Crippen LogP contribution in [0.4, 0.5) is 0 Å². The first kappa shape index (κ1) is 12.0. The molecular formula is C12H25NO. The third kappa shape index (κ3) is 4.97. The lowest BCUT2D eigenvalue weighted by atomic mass is 9.88.